The molecule has 0 aliphatic rings. The minimum atomic E-state index is -1.14. The summed E-state index contributed by atoms with van der Waals surface area (Å²) in [6.07, 6.45) is 1.17. The molecule has 1 atom stereocenters. The zero-order chi connectivity index (χ0) is 15.9. The van der Waals surface area contributed by atoms with E-state index in [2.05, 4.69) is 0 Å². The maximum Gasteiger partial charge on any atom is 0.339 e. The van der Waals surface area contributed by atoms with Crippen LogP contribution < -0.4 is 0 Å². The predicted octanol–water partition coefficient (Wildman–Crippen LogP) is 4.08. The monoisotopic (exact) mass is 298 g/mol. The third-order valence-corrected chi connectivity index (χ3v) is 3.35. The smallest absolute Gasteiger partial charge is 0.339 e. The number of hydrogen-bond acceptors (Lipinski definition) is 3. The summed E-state index contributed by atoms with van der Waals surface area (Å²) in [5, 5.41) is 9.16. The quantitative estimate of drug-likeness (QED) is 0.816. The predicted molar refractivity (Wildman–Crippen MR) is 82.9 cm³/mol. The molecule has 4 heteroatoms. The van der Waals surface area contributed by atoms with Crippen molar-refractivity contribution in [3.63, 3.8) is 0 Å². The molecule has 0 fully saturated rings. The molecule has 0 bridgehead atoms. The molecule has 0 aliphatic heterocycles. The van der Waals surface area contributed by atoms with E-state index in [1.807, 2.05) is 37.3 Å². The Hall–Kier alpha value is -2.62. The Morgan fingerprint density at radius 2 is 1.59 bits per heavy atom. The minimum Gasteiger partial charge on any atom is -0.478 e. The molecule has 1 unspecified atom stereocenters. The maximum atomic E-state index is 12.3. The number of carboxylic acid groups (broad SMARTS) is 1. The standard InChI is InChI=1S/C18H18O4/c1-2-8-16(13-9-4-3-5-10-13)22-18(21)15-12-7-6-11-14(15)17(19)20/h3-7,9-12,16H,2,8H2,1H3,(H,19,20). The van der Waals surface area contributed by atoms with Gasteiger partial charge in [-0.05, 0) is 24.1 Å². The van der Waals surface area contributed by atoms with Gasteiger partial charge < -0.3 is 9.84 Å². The fourth-order valence-corrected chi connectivity index (χ4v) is 2.26. The van der Waals surface area contributed by atoms with Gasteiger partial charge in [0.1, 0.15) is 6.10 Å². The normalized spacial score (nSPS) is 11.7. The van der Waals surface area contributed by atoms with Gasteiger partial charge in [0.05, 0.1) is 11.1 Å². The molecule has 22 heavy (non-hydrogen) atoms. The Balaban J connectivity index is 2.24. The van der Waals surface area contributed by atoms with Crippen LogP contribution in [-0.2, 0) is 4.74 Å². The number of ether oxygens (including phenoxy) is 1. The van der Waals surface area contributed by atoms with Crippen LogP contribution in [0.25, 0.3) is 0 Å². The zero-order valence-electron chi connectivity index (χ0n) is 12.4. The van der Waals surface area contributed by atoms with Crippen LogP contribution >= 0.6 is 0 Å². The molecule has 0 radical (unpaired) electrons. The molecule has 0 amide bonds. The second-order valence-electron chi connectivity index (χ2n) is 4.94. The van der Waals surface area contributed by atoms with E-state index in [1.165, 1.54) is 12.1 Å². The lowest BCUT2D eigenvalue weighted by Crippen LogP contribution is -2.15. The first-order valence-electron chi connectivity index (χ1n) is 7.21. The summed E-state index contributed by atoms with van der Waals surface area (Å²) in [7, 11) is 0. The number of benzene rings is 2. The topological polar surface area (TPSA) is 63.6 Å². The molecular formula is C18H18O4. The van der Waals surface area contributed by atoms with Gasteiger partial charge in [0.15, 0.2) is 0 Å². The molecule has 0 heterocycles. The van der Waals surface area contributed by atoms with E-state index in [-0.39, 0.29) is 17.2 Å². The van der Waals surface area contributed by atoms with E-state index in [1.54, 1.807) is 12.1 Å². The van der Waals surface area contributed by atoms with Crippen molar-refractivity contribution in [2.45, 2.75) is 25.9 Å². The summed E-state index contributed by atoms with van der Waals surface area (Å²) >= 11 is 0. The van der Waals surface area contributed by atoms with Crippen molar-refractivity contribution in [1.82, 2.24) is 0 Å². The lowest BCUT2D eigenvalue weighted by molar-refractivity contribution is 0.0270. The molecule has 4 nitrogen and oxygen atoms in total. The summed E-state index contributed by atoms with van der Waals surface area (Å²) in [6, 6.07) is 15.5. The molecule has 0 saturated heterocycles. The van der Waals surface area contributed by atoms with Crippen molar-refractivity contribution in [3.8, 4) is 0 Å². The highest BCUT2D eigenvalue weighted by molar-refractivity contribution is 6.02. The first-order valence-corrected chi connectivity index (χ1v) is 7.21. The van der Waals surface area contributed by atoms with Gasteiger partial charge in [0.2, 0.25) is 0 Å². The van der Waals surface area contributed by atoms with Gasteiger partial charge in [-0.15, -0.1) is 0 Å². The third kappa shape index (κ3) is 3.73. The Bertz CT molecular complexity index is 649. The molecule has 0 saturated carbocycles. The fourth-order valence-electron chi connectivity index (χ4n) is 2.26. The van der Waals surface area contributed by atoms with E-state index in [9.17, 15) is 9.59 Å². The van der Waals surface area contributed by atoms with E-state index in [0.717, 1.165) is 12.0 Å². The van der Waals surface area contributed by atoms with Crippen molar-refractivity contribution < 1.29 is 19.4 Å². The van der Waals surface area contributed by atoms with Crippen LogP contribution in [0.5, 0.6) is 0 Å². The van der Waals surface area contributed by atoms with E-state index in [0.29, 0.717) is 6.42 Å². The van der Waals surface area contributed by atoms with Crippen LogP contribution in [0.3, 0.4) is 0 Å². The number of carbonyl (C=O) groups excluding carboxylic acids is 1. The van der Waals surface area contributed by atoms with Gasteiger partial charge in [-0.3, -0.25) is 0 Å². The van der Waals surface area contributed by atoms with Gasteiger partial charge in [-0.1, -0.05) is 55.8 Å². The molecule has 114 valence electrons. The highest BCUT2D eigenvalue weighted by atomic mass is 16.5. The molecule has 0 aliphatic carbocycles. The molecule has 2 aromatic carbocycles. The average molecular weight is 298 g/mol. The zero-order valence-corrected chi connectivity index (χ0v) is 12.4. The van der Waals surface area contributed by atoms with Crippen LogP contribution in [0.15, 0.2) is 54.6 Å². The summed E-state index contributed by atoms with van der Waals surface area (Å²) < 4.78 is 5.55. The number of esters is 1. The largest absolute Gasteiger partial charge is 0.478 e. The fraction of sp³-hybridized carbons (Fsp3) is 0.222. The second-order valence-corrected chi connectivity index (χ2v) is 4.94. The molecule has 2 rings (SSSR count). The van der Waals surface area contributed by atoms with Crippen LogP contribution in [0.1, 0.15) is 52.1 Å². The number of carboxylic acids is 1. The Labute approximate surface area is 129 Å². The van der Waals surface area contributed by atoms with Crippen LogP contribution in [-0.4, -0.2) is 17.0 Å². The number of aromatic carboxylic acids is 1. The first-order chi connectivity index (χ1) is 10.6. The number of hydrogen-bond donors (Lipinski definition) is 1. The Morgan fingerprint density at radius 1 is 1.00 bits per heavy atom. The van der Waals surface area contributed by atoms with E-state index in [4.69, 9.17) is 9.84 Å². The number of rotatable bonds is 6. The highest BCUT2D eigenvalue weighted by Gasteiger charge is 2.21. The summed E-state index contributed by atoms with van der Waals surface area (Å²) in [4.78, 5) is 23.5. The number of carbonyl (C=O) groups is 2. The van der Waals surface area contributed by atoms with Crippen molar-refractivity contribution >= 4 is 11.9 Å². The van der Waals surface area contributed by atoms with Crippen molar-refractivity contribution in [1.29, 1.82) is 0 Å². The van der Waals surface area contributed by atoms with Gasteiger partial charge in [0.25, 0.3) is 0 Å². The van der Waals surface area contributed by atoms with Gasteiger partial charge in [0, 0.05) is 0 Å². The van der Waals surface area contributed by atoms with Crippen molar-refractivity contribution in [2.24, 2.45) is 0 Å². The maximum absolute atomic E-state index is 12.3. The lowest BCUT2D eigenvalue weighted by Gasteiger charge is -2.18. The van der Waals surface area contributed by atoms with E-state index >= 15 is 0 Å². The molecule has 0 spiro atoms. The van der Waals surface area contributed by atoms with Gasteiger partial charge >= 0.3 is 11.9 Å². The summed E-state index contributed by atoms with van der Waals surface area (Å²) in [5.74, 6) is -1.75. The molecule has 0 aromatic heterocycles. The molecule has 1 N–H and O–H groups in total. The molecular weight excluding hydrogens is 280 g/mol. The lowest BCUT2D eigenvalue weighted by atomic mass is 10.0. The van der Waals surface area contributed by atoms with Crippen LogP contribution in [0.4, 0.5) is 0 Å². The van der Waals surface area contributed by atoms with Crippen molar-refractivity contribution in [3.05, 3.63) is 71.3 Å². The minimum absolute atomic E-state index is 0.0455. The SMILES string of the molecule is CCCC(OC(=O)c1ccccc1C(=O)O)c1ccccc1. The van der Waals surface area contributed by atoms with Crippen LogP contribution in [0, 0.1) is 0 Å². The summed E-state index contributed by atoms with van der Waals surface area (Å²) in [5.41, 5.74) is 0.938. The summed E-state index contributed by atoms with van der Waals surface area (Å²) in [6.45, 7) is 2.01. The first kappa shape index (κ1) is 15.8. The van der Waals surface area contributed by atoms with Crippen molar-refractivity contribution in [2.75, 3.05) is 0 Å². The van der Waals surface area contributed by atoms with Gasteiger partial charge in [-0.25, -0.2) is 9.59 Å². The van der Waals surface area contributed by atoms with Gasteiger partial charge in [-0.2, -0.15) is 0 Å². The highest BCUT2D eigenvalue weighted by Crippen LogP contribution is 2.24. The Morgan fingerprint density at radius 3 is 2.18 bits per heavy atom. The average Bonchev–Trinajstić information content (AvgIpc) is 2.55. The van der Waals surface area contributed by atoms with E-state index < -0.39 is 11.9 Å². The second kappa shape index (κ2) is 7.41. The Kier molecular flexibility index (Phi) is 5.31. The third-order valence-electron chi connectivity index (χ3n) is 3.35. The van der Waals surface area contributed by atoms with Crippen LogP contribution in [0.2, 0.25) is 0 Å². The molecule has 2 aromatic rings.